The predicted molar refractivity (Wildman–Crippen MR) is 64.0 cm³/mol. The fourth-order valence-corrected chi connectivity index (χ4v) is 3.69. The Kier molecular flexibility index (Phi) is 2.36. The van der Waals surface area contributed by atoms with Crippen LogP contribution in [0.5, 0.6) is 0 Å². The molecular weight excluding hydrogens is 218 g/mol. The maximum Gasteiger partial charge on any atom is 0.0683 e. The topological polar surface area (TPSA) is 26.0 Å². The van der Waals surface area contributed by atoms with E-state index >= 15 is 0 Å². The molecule has 0 saturated carbocycles. The second kappa shape index (κ2) is 3.36. The van der Waals surface area contributed by atoms with E-state index in [0.29, 0.717) is 0 Å². The van der Waals surface area contributed by atoms with Crippen LogP contribution in [0.3, 0.4) is 0 Å². The average Bonchev–Trinajstić information content (AvgIpc) is 2.58. The van der Waals surface area contributed by atoms with Crippen molar-refractivity contribution in [2.45, 2.75) is 11.8 Å². The van der Waals surface area contributed by atoms with Crippen molar-refractivity contribution in [3.63, 3.8) is 0 Å². The molecule has 0 atom stereocenters. The van der Waals surface area contributed by atoms with Gasteiger partial charge in [-0.1, -0.05) is 0 Å². The molecule has 0 saturated heterocycles. The molecular formula is C9H9NS3. The number of thiol groups is 1. The Balaban J connectivity index is 2.58. The highest BCUT2D eigenvalue weighted by molar-refractivity contribution is 7.80. The van der Waals surface area contributed by atoms with Crippen molar-refractivity contribution in [3.05, 3.63) is 22.4 Å². The summed E-state index contributed by atoms with van der Waals surface area (Å²) in [4.78, 5) is 4.63. The van der Waals surface area contributed by atoms with Crippen molar-refractivity contribution in [2.75, 3.05) is 5.73 Å². The van der Waals surface area contributed by atoms with Gasteiger partial charge in [-0.2, -0.15) is 0 Å². The second-order valence-electron chi connectivity index (χ2n) is 2.78. The lowest BCUT2D eigenvalue weighted by Crippen LogP contribution is -1.81. The maximum atomic E-state index is 5.83. The van der Waals surface area contributed by atoms with E-state index < -0.39 is 0 Å². The number of nitrogens with two attached hydrogens (primary N) is 1. The van der Waals surface area contributed by atoms with Crippen molar-refractivity contribution in [2.24, 2.45) is 0 Å². The van der Waals surface area contributed by atoms with E-state index in [2.05, 4.69) is 25.6 Å². The molecule has 0 aromatic carbocycles. The van der Waals surface area contributed by atoms with Gasteiger partial charge in [-0.3, -0.25) is 0 Å². The summed E-state index contributed by atoms with van der Waals surface area (Å²) in [6.07, 6.45) is 0. The van der Waals surface area contributed by atoms with Crippen LogP contribution < -0.4 is 5.73 Å². The van der Waals surface area contributed by atoms with Gasteiger partial charge < -0.3 is 5.73 Å². The third-order valence-corrected chi connectivity index (χ3v) is 4.39. The van der Waals surface area contributed by atoms with Crippen LogP contribution in [0.2, 0.25) is 0 Å². The number of thiophene rings is 2. The van der Waals surface area contributed by atoms with E-state index in [1.807, 2.05) is 11.4 Å². The molecule has 0 spiro atoms. The molecule has 0 aliphatic carbocycles. The first-order valence-corrected chi connectivity index (χ1v) is 5.95. The fourth-order valence-electron chi connectivity index (χ4n) is 1.17. The molecule has 2 N–H and O–H groups in total. The average molecular weight is 227 g/mol. The Bertz CT molecular complexity index is 428. The zero-order valence-electron chi connectivity index (χ0n) is 7.07. The Morgan fingerprint density at radius 1 is 1.38 bits per heavy atom. The Morgan fingerprint density at radius 3 is 2.62 bits per heavy atom. The van der Waals surface area contributed by atoms with Gasteiger partial charge in [0.15, 0.2) is 0 Å². The number of aryl methyl sites for hydroxylation is 1. The molecule has 1 nitrogen and oxygen atoms in total. The zero-order valence-corrected chi connectivity index (χ0v) is 9.60. The third-order valence-electron chi connectivity index (χ3n) is 1.74. The van der Waals surface area contributed by atoms with Crippen LogP contribution in [0.4, 0.5) is 5.69 Å². The van der Waals surface area contributed by atoms with E-state index in [9.17, 15) is 0 Å². The van der Waals surface area contributed by atoms with Crippen molar-refractivity contribution in [1.29, 1.82) is 0 Å². The Morgan fingerprint density at radius 2 is 2.15 bits per heavy atom. The van der Waals surface area contributed by atoms with Crippen LogP contribution in [-0.2, 0) is 0 Å². The van der Waals surface area contributed by atoms with Crippen molar-refractivity contribution in [3.8, 4) is 9.75 Å². The van der Waals surface area contributed by atoms with Crippen LogP contribution in [0, 0.1) is 6.92 Å². The van der Waals surface area contributed by atoms with Gasteiger partial charge in [0.05, 0.1) is 15.4 Å². The summed E-state index contributed by atoms with van der Waals surface area (Å²) in [5.74, 6) is 0. The highest BCUT2D eigenvalue weighted by Gasteiger charge is 2.10. The number of hydrogen-bond acceptors (Lipinski definition) is 4. The van der Waals surface area contributed by atoms with Crippen LogP contribution in [0.25, 0.3) is 9.75 Å². The summed E-state index contributed by atoms with van der Waals surface area (Å²) >= 11 is 7.82. The number of nitrogen functional groups attached to an aromatic ring is 1. The quantitative estimate of drug-likeness (QED) is 0.714. The van der Waals surface area contributed by atoms with E-state index in [0.717, 1.165) is 15.5 Å². The van der Waals surface area contributed by atoms with Crippen LogP contribution in [-0.4, -0.2) is 0 Å². The predicted octanol–water partition coefficient (Wildman–Crippen LogP) is 3.66. The van der Waals surface area contributed by atoms with Crippen molar-refractivity contribution < 1.29 is 0 Å². The Labute approximate surface area is 90.6 Å². The molecule has 0 amide bonds. The van der Waals surface area contributed by atoms with Gasteiger partial charge in [-0.15, -0.1) is 35.3 Å². The first-order valence-electron chi connectivity index (χ1n) is 3.81. The lowest BCUT2D eigenvalue weighted by atomic mass is 10.3. The molecule has 2 heterocycles. The molecule has 0 aliphatic heterocycles. The minimum Gasteiger partial charge on any atom is -0.398 e. The summed E-state index contributed by atoms with van der Waals surface area (Å²) in [6, 6.07) is 4.00. The summed E-state index contributed by atoms with van der Waals surface area (Å²) in [6.45, 7) is 2.08. The lowest BCUT2D eigenvalue weighted by Gasteiger charge is -1.95. The van der Waals surface area contributed by atoms with Gasteiger partial charge in [-0.05, 0) is 24.4 Å². The lowest BCUT2D eigenvalue weighted by molar-refractivity contribution is 1.53. The van der Waals surface area contributed by atoms with Gasteiger partial charge in [0, 0.05) is 9.77 Å². The highest BCUT2D eigenvalue weighted by Crippen LogP contribution is 2.40. The maximum absolute atomic E-state index is 5.83. The fraction of sp³-hybridized carbons (Fsp3) is 0.111. The normalized spacial score (nSPS) is 10.6. The van der Waals surface area contributed by atoms with Gasteiger partial charge in [-0.25, -0.2) is 0 Å². The summed E-state index contributed by atoms with van der Waals surface area (Å²) in [5.41, 5.74) is 6.68. The standard InChI is InChI=1S/C9H9NS3/c1-5-4-7(11)9(13-5)8-6(10)2-3-12-8/h2-4,11H,10H2,1H3. The van der Waals surface area contributed by atoms with E-state index in [1.54, 1.807) is 22.7 Å². The molecule has 2 aromatic rings. The number of rotatable bonds is 1. The summed E-state index contributed by atoms with van der Waals surface area (Å²) in [5, 5.41) is 2.01. The largest absolute Gasteiger partial charge is 0.398 e. The van der Waals surface area contributed by atoms with Gasteiger partial charge in [0.1, 0.15) is 0 Å². The Hall–Kier alpha value is -0.450. The van der Waals surface area contributed by atoms with Crippen molar-refractivity contribution >= 4 is 41.0 Å². The molecule has 0 fully saturated rings. The number of anilines is 1. The van der Waals surface area contributed by atoms with Gasteiger partial charge in [0.2, 0.25) is 0 Å². The molecule has 13 heavy (non-hydrogen) atoms. The van der Waals surface area contributed by atoms with E-state index in [4.69, 9.17) is 5.73 Å². The molecule has 4 heteroatoms. The highest BCUT2D eigenvalue weighted by atomic mass is 32.1. The zero-order chi connectivity index (χ0) is 9.42. The third kappa shape index (κ3) is 1.61. The van der Waals surface area contributed by atoms with Crippen LogP contribution >= 0.6 is 35.3 Å². The minimum atomic E-state index is 0.849. The van der Waals surface area contributed by atoms with E-state index in [1.165, 1.54) is 9.75 Å². The van der Waals surface area contributed by atoms with E-state index in [-0.39, 0.29) is 0 Å². The monoisotopic (exact) mass is 227 g/mol. The molecule has 0 aliphatic rings. The van der Waals surface area contributed by atoms with Gasteiger partial charge >= 0.3 is 0 Å². The first kappa shape index (κ1) is 9.12. The molecule has 0 bridgehead atoms. The van der Waals surface area contributed by atoms with Crippen LogP contribution in [0.1, 0.15) is 4.88 Å². The first-order chi connectivity index (χ1) is 6.18. The SMILES string of the molecule is Cc1cc(S)c(-c2sccc2N)s1. The van der Waals surface area contributed by atoms with Crippen LogP contribution in [0.15, 0.2) is 22.4 Å². The summed E-state index contributed by atoms with van der Waals surface area (Å²) in [7, 11) is 0. The van der Waals surface area contributed by atoms with Gasteiger partial charge in [0.25, 0.3) is 0 Å². The number of hydrogen-bond donors (Lipinski definition) is 2. The second-order valence-corrected chi connectivity index (χ2v) is 5.43. The molecule has 0 radical (unpaired) electrons. The minimum absolute atomic E-state index is 0.849. The summed E-state index contributed by atoms with van der Waals surface area (Å²) < 4.78 is 0. The smallest absolute Gasteiger partial charge is 0.0683 e. The molecule has 2 aromatic heterocycles. The van der Waals surface area contributed by atoms with Crippen molar-refractivity contribution in [1.82, 2.24) is 0 Å². The molecule has 0 unspecified atom stereocenters. The molecule has 68 valence electrons. The molecule has 2 rings (SSSR count).